The van der Waals surface area contributed by atoms with Gasteiger partial charge in [0.15, 0.2) is 0 Å². The van der Waals surface area contributed by atoms with E-state index in [1.54, 1.807) is 6.08 Å². The largest absolute Gasteiger partial charge is 0.516 e. The Morgan fingerprint density at radius 3 is 2.23 bits per heavy atom. The second-order valence-corrected chi connectivity index (χ2v) is 2.61. The van der Waals surface area contributed by atoms with Gasteiger partial charge in [-0.15, -0.1) is 0 Å². The van der Waals surface area contributed by atoms with Crippen molar-refractivity contribution in [3.05, 3.63) is 24.5 Å². The lowest BCUT2D eigenvalue weighted by molar-refractivity contribution is -0.132. The van der Waals surface area contributed by atoms with Crippen LogP contribution in [-0.4, -0.2) is 16.2 Å². The van der Waals surface area contributed by atoms with Crippen molar-refractivity contribution in [2.24, 2.45) is 0 Å². The Balaban J connectivity index is 0. The van der Waals surface area contributed by atoms with Crippen LogP contribution in [0.4, 0.5) is 0 Å². The third kappa shape index (κ3) is 18.1. The van der Waals surface area contributed by atoms with Crippen molar-refractivity contribution in [3.8, 4) is 0 Å². The zero-order valence-electron chi connectivity index (χ0n) is 8.29. The van der Waals surface area contributed by atoms with Crippen molar-refractivity contribution in [2.45, 2.75) is 33.1 Å². The number of allylic oxidation sites excluding steroid dienone is 1. The molecule has 0 aromatic carbocycles. The number of rotatable bonds is 4. The molecule has 0 atom stereocenters. The number of hydrogen-bond acceptors (Lipinski definition) is 2. The molecule has 2 N–H and O–H groups in total. The van der Waals surface area contributed by atoms with Crippen LogP contribution < -0.4 is 0 Å². The van der Waals surface area contributed by atoms with Gasteiger partial charge in [0.25, 0.3) is 0 Å². The molecule has 0 saturated heterocycles. The van der Waals surface area contributed by atoms with Crippen molar-refractivity contribution in [1.29, 1.82) is 0 Å². The summed E-state index contributed by atoms with van der Waals surface area (Å²) in [5, 5.41) is 16.0. The lowest BCUT2D eigenvalue weighted by Crippen LogP contribution is -1.92. The molecule has 0 rings (SSSR count). The summed E-state index contributed by atoms with van der Waals surface area (Å²) in [4.78, 5) is 9.60. The van der Waals surface area contributed by atoms with E-state index in [9.17, 15) is 4.79 Å². The Hall–Kier alpha value is -1.25. The van der Waals surface area contributed by atoms with E-state index >= 15 is 0 Å². The van der Waals surface area contributed by atoms with Gasteiger partial charge in [0, 0.05) is 5.57 Å². The molecule has 0 aromatic heterocycles. The van der Waals surface area contributed by atoms with Gasteiger partial charge in [-0.25, -0.2) is 4.79 Å². The molecule has 0 bridgehead atoms. The quantitative estimate of drug-likeness (QED) is 0.403. The molecule has 3 heteroatoms. The van der Waals surface area contributed by atoms with Crippen LogP contribution in [0.15, 0.2) is 24.5 Å². The fraction of sp³-hybridized carbons (Fsp3) is 0.500. The van der Waals surface area contributed by atoms with E-state index < -0.39 is 5.97 Å². The van der Waals surface area contributed by atoms with Gasteiger partial charge in [-0.1, -0.05) is 26.0 Å². The first-order valence-electron chi connectivity index (χ1n) is 4.24. The van der Waals surface area contributed by atoms with Crippen LogP contribution in [-0.2, 0) is 4.79 Å². The van der Waals surface area contributed by atoms with E-state index in [0.29, 0.717) is 0 Å². The van der Waals surface area contributed by atoms with Gasteiger partial charge in [-0.05, 0) is 19.8 Å². The van der Waals surface area contributed by atoms with Gasteiger partial charge in [-0.2, -0.15) is 0 Å². The summed E-state index contributed by atoms with van der Waals surface area (Å²) in [5.74, 6) is -0.935. The highest BCUT2D eigenvalue weighted by Crippen LogP contribution is 1.92. The summed E-state index contributed by atoms with van der Waals surface area (Å²) in [6.45, 7) is 6.73. The van der Waals surface area contributed by atoms with Crippen LogP contribution >= 0.6 is 0 Å². The monoisotopic (exact) mass is 186 g/mol. The van der Waals surface area contributed by atoms with E-state index in [-0.39, 0.29) is 5.57 Å². The van der Waals surface area contributed by atoms with Crippen LogP contribution in [0.2, 0.25) is 0 Å². The topological polar surface area (TPSA) is 57.5 Å². The number of aliphatic hydroxyl groups is 1. The van der Waals surface area contributed by atoms with E-state index in [4.69, 9.17) is 10.2 Å². The summed E-state index contributed by atoms with van der Waals surface area (Å²) >= 11 is 0. The third-order valence-electron chi connectivity index (χ3n) is 1.19. The molecular formula is C10H18O3. The van der Waals surface area contributed by atoms with Crippen LogP contribution in [0, 0.1) is 0 Å². The van der Waals surface area contributed by atoms with E-state index in [0.717, 1.165) is 12.7 Å². The molecule has 0 unspecified atom stereocenters. The van der Waals surface area contributed by atoms with Crippen molar-refractivity contribution in [1.82, 2.24) is 0 Å². The first-order valence-corrected chi connectivity index (χ1v) is 4.24. The Morgan fingerprint density at radius 1 is 1.54 bits per heavy atom. The number of carboxylic acid groups (broad SMARTS) is 1. The molecule has 0 amide bonds. The molecule has 0 aromatic rings. The lowest BCUT2D eigenvalue weighted by atomic mass is 10.2. The highest BCUT2D eigenvalue weighted by Gasteiger charge is 1.90. The van der Waals surface area contributed by atoms with Crippen LogP contribution in [0.1, 0.15) is 33.1 Å². The molecule has 3 nitrogen and oxygen atoms in total. The van der Waals surface area contributed by atoms with Gasteiger partial charge in [0.1, 0.15) is 0 Å². The van der Waals surface area contributed by atoms with E-state index in [1.165, 1.54) is 19.8 Å². The van der Waals surface area contributed by atoms with Crippen molar-refractivity contribution >= 4 is 5.97 Å². The highest BCUT2D eigenvalue weighted by molar-refractivity contribution is 5.84. The summed E-state index contributed by atoms with van der Waals surface area (Å²) < 4.78 is 0. The Labute approximate surface area is 79.4 Å². The van der Waals surface area contributed by atoms with Crippen molar-refractivity contribution < 1.29 is 15.0 Å². The van der Waals surface area contributed by atoms with E-state index in [2.05, 4.69) is 13.5 Å². The molecule has 0 saturated carbocycles. The fourth-order valence-corrected chi connectivity index (χ4v) is 0.397. The second-order valence-electron chi connectivity index (χ2n) is 2.61. The third-order valence-corrected chi connectivity index (χ3v) is 1.19. The normalized spacial score (nSPS) is 9.08. The fourth-order valence-electron chi connectivity index (χ4n) is 0.397. The van der Waals surface area contributed by atoms with Gasteiger partial charge < -0.3 is 10.2 Å². The molecule has 76 valence electrons. The number of aliphatic hydroxyl groups excluding tert-OH is 1. The molecule has 0 radical (unpaired) electrons. The molecule has 0 aliphatic heterocycles. The smallest absolute Gasteiger partial charge is 0.330 e. The number of hydrogen-bond donors (Lipinski definition) is 2. The number of carboxylic acids is 1. The summed E-state index contributed by atoms with van der Waals surface area (Å²) in [5.41, 5.74) is 0.176. The van der Waals surface area contributed by atoms with Crippen molar-refractivity contribution in [3.63, 3.8) is 0 Å². The zero-order chi connectivity index (χ0) is 10.7. The average Bonchev–Trinajstić information content (AvgIpc) is 2.06. The Morgan fingerprint density at radius 2 is 2.00 bits per heavy atom. The molecule has 0 heterocycles. The van der Waals surface area contributed by atoms with Gasteiger partial charge in [-0.3, -0.25) is 0 Å². The maximum absolute atomic E-state index is 9.60. The molecule has 0 aliphatic rings. The minimum atomic E-state index is -0.935. The first kappa shape index (κ1) is 14.3. The standard InChI is InChI=1S/C6H12O.C4H6O2/c1-2-3-4-5-6-7;1-3(2)4(5)6/h5-7H,2-4H2,1H3;1H2,2H3,(H,5,6). The zero-order valence-corrected chi connectivity index (χ0v) is 8.29. The molecular weight excluding hydrogens is 168 g/mol. The van der Waals surface area contributed by atoms with Crippen LogP contribution in [0.25, 0.3) is 0 Å². The minimum Gasteiger partial charge on any atom is -0.516 e. The summed E-state index contributed by atoms with van der Waals surface area (Å²) in [6.07, 6.45) is 6.26. The average molecular weight is 186 g/mol. The highest BCUT2D eigenvalue weighted by atomic mass is 16.4. The van der Waals surface area contributed by atoms with Gasteiger partial charge in [0.2, 0.25) is 0 Å². The summed E-state index contributed by atoms with van der Waals surface area (Å²) in [7, 11) is 0. The van der Waals surface area contributed by atoms with Crippen LogP contribution in [0.3, 0.4) is 0 Å². The predicted octanol–water partition coefficient (Wildman–Crippen LogP) is 2.90. The molecule has 0 fully saturated rings. The predicted molar refractivity (Wildman–Crippen MR) is 53.7 cm³/mol. The first-order chi connectivity index (χ1) is 6.06. The van der Waals surface area contributed by atoms with Gasteiger partial charge in [0.05, 0.1) is 6.26 Å². The Bertz CT molecular complexity index is 159. The van der Waals surface area contributed by atoms with E-state index in [1.807, 2.05) is 0 Å². The number of carbonyl (C=O) groups is 1. The minimum absolute atomic E-state index is 0.176. The Kier molecular flexibility index (Phi) is 11.8. The van der Waals surface area contributed by atoms with Crippen molar-refractivity contribution in [2.75, 3.05) is 0 Å². The molecule has 0 spiro atoms. The maximum atomic E-state index is 9.60. The van der Waals surface area contributed by atoms with Gasteiger partial charge >= 0.3 is 5.97 Å². The SMILES string of the molecule is C=C(C)C(=O)O.CCCCC=CO. The van der Waals surface area contributed by atoms with Crippen LogP contribution in [0.5, 0.6) is 0 Å². The summed E-state index contributed by atoms with van der Waals surface area (Å²) in [6, 6.07) is 0. The number of unbranched alkanes of at least 4 members (excludes halogenated alkanes) is 2. The second kappa shape index (κ2) is 10.8. The number of aliphatic carboxylic acids is 1. The molecule has 0 aliphatic carbocycles. The maximum Gasteiger partial charge on any atom is 0.330 e. The lowest BCUT2D eigenvalue weighted by Gasteiger charge is -1.83. The molecule has 13 heavy (non-hydrogen) atoms.